The zero-order valence-corrected chi connectivity index (χ0v) is 10.2. The fourth-order valence-electron chi connectivity index (χ4n) is 1.69. The van der Waals surface area contributed by atoms with Gasteiger partial charge in [-0.1, -0.05) is 0 Å². The van der Waals surface area contributed by atoms with E-state index in [1.807, 2.05) is 12.3 Å². The van der Waals surface area contributed by atoms with Gasteiger partial charge in [0.2, 0.25) is 0 Å². The molecule has 0 amide bonds. The van der Waals surface area contributed by atoms with E-state index in [0.29, 0.717) is 0 Å². The average Bonchev–Trinajstić information content (AvgIpc) is 2.31. The van der Waals surface area contributed by atoms with Crippen LogP contribution in [0.15, 0.2) is 18.5 Å². The molecular formula is C12H21N3O. The summed E-state index contributed by atoms with van der Waals surface area (Å²) in [6.07, 6.45) is 5.84. The van der Waals surface area contributed by atoms with Gasteiger partial charge in [0.15, 0.2) is 0 Å². The Balaban J connectivity index is 2.64. The number of pyridine rings is 1. The van der Waals surface area contributed by atoms with Crippen LogP contribution in [0, 0.1) is 6.92 Å². The van der Waals surface area contributed by atoms with Crippen LogP contribution in [-0.4, -0.2) is 18.2 Å². The Hall–Kier alpha value is -0.970. The fraction of sp³-hybridized carbons (Fsp3) is 0.583. The second kappa shape index (κ2) is 6.58. The van der Waals surface area contributed by atoms with Crippen LogP contribution in [0.1, 0.15) is 36.9 Å². The van der Waals surface area contributed by atoms with E-state index in [9.17, 15) is 0 Å². The summed E-state index contributed by atoms with van der Waals surface area (Å²) in [4.78, 5) is 4.13. The molecule has 0 spiro atoms. The van der Waals surface area contributed by atoms with Gasteiger partial charge in [0, 0.05) is 25.5 Å². The summed E-state index contributed by atoms with van der Waals surface area (Å²) in [5.74, 6) is 5.58. The van der Waals surface area contributed by atoms with Crippen LogP contribution in [0.3, 0.4) is 0 Å². The lowest BCUT2D eigenvalue weighted by atomic mass is 9.99. The number of aromatic nitrogens is 1. The van der Waals surface area contributed by atoms with Gasteiger partial charge < -0.3 is 4.74 Å². The molecule has 4 heteroatoms. The Morgan fingerprint density at radius 3 is 2.81 bits per heavy atom. The molecule has 1 aromatic heterocycles. The van der Waals surface area contributed by atoms with Gasteiger partial charge in [0.1, 0.15) is 0 Å². The molecule has 2 unspecified atom stereocenters. The van der Waals surface area contributed by atoms with E-state index < -0.39 is 0 Å². The third-order valence-electron chi connectivity index (χ3n) is 2.92. The molecule has 1 heterocycles. The molecule has 3 N–H and O–H groups in total. The monoisotopic (exact) mass is 223 g/mol. The topological polar surface area (TPSA) is 60.2 Å². The Morgan fingerprint density at radius 2 is 2.25 bits per heavy atom. The minimum absolute atomic E-state index is 0.145. The summed E-state index contributed by atoms with van der Waals surface area (Å²) in [7, 11) is 1.73. The third kappa shape index (κ3) is 3.56. The number of nitrogens with one attached hydrogen (secondary N) is 1. The Morgan fingerprint density at radius 1 is 1.50 bits per heavy atom. The van der Waals surface area contributed by atoms with Gasteiger partial charge in [-0.3, -0.25) is 16.3 Å². The summed E-state index contributed by atoms with van der Waals surface area (Å²) in [6.45, 7) is 4.13. The second-order valence-corrected chi connectivity index (χ2v) is 4.08. The lowest BCUT2D eigenvalue weighted by molar-refractivity contribution is 0.106. The van der Waals surface area contributed by atoms with E-state index in [1.165, 1.54) is 5.56 Å². The number of nitrogens with two attached hydrogens (primary N) is 1. The third-order valence-corrected chi connectivity index (χ3v) is 2.92. The highest BCUT2D eigenvalue weighted by molar-refractivity contribution is 5.24. The van der Waals surface area contributed by atoms with Crippen molar-refractivity contribution in [1.29, 1.82) is 0 Å². The average molecular weight is 223 g/mol. The van der Waals surface area contributed by atoms with Crippen LogP contribution in [0.2, 0.25) is 0 Å². The van der Waals surface area contributed by atoms with E-state index >= 15 is 0 Å². The SMILES string of the molecule is COC(C)CCC(NN)c1cnccc1C. The van der Waals surface area contributed by atoms with Gasteiger partial charge in [-0.2, -0.15) is 0 Å². The number of ether oxygens (including phenoxy) is 1. The quantitative estimate of drug-likeness (QED) is 0.569. The molecule has 16 heavy (non-hydrogen) atoms. The maximum absolute atomic E-state index is 5.58. The summed E-state index contributed by atoms with van der Waals surface area (Å²) in [6, 6.07) is 2.14. The van der Waals surface area contributed by atoms with Crippen molar-refractivity contribution in [3.05, 3.63) is 29.6 Å². The molecule has 0 fully saturated rings. The predicted octanol–water partition coefficient (Wildman–Crippen LogP) is 1.71. The maximum atomic E-state index is 5.58. The number of hydrogen-bond donors (Lipinski definition) is 2. The van der Waals surface area contributed by atoms with Crippen LogP contribution >= 0.6 is 0 Å². The highest BCUT2D eigenvalue weighted by Crippen LogP contribution is 2.21. The molecule has 0 saturated carbocycles. The Kier molecular flexibility index (Phi) is 5.38. The van der Waals surface area contributed by atoms with E-state index in [1.54, 1.807) is 13.3 Å². The molecule has 2 atom stereocenters. The first-order valence-electron chi connectivity index (χ1n) is 5.58. The van der Waals surface area contributed by atoms with Crippen LogP contribution in [0.5, 0.6) is 0 Å². The Bertz CT molecular complexity index is 317. The minimum Gasteiger partial charge on any atom is -0.382 e. The van der Waals surface area contributed by atoms with E-state index in [-0.39, 0.29) is 12.1 Å². The number of methoxy groups -OCH3 is 1. The number of aryl methyl sites for hydroxylation is 1. The van der Waals surface area contributed by atoms with Gasteiger partial charge in [0.25, 0.3) is 0 Å². The van der Waals surface area contributed by atoms with Gasteiger partial charge >= 0.3 is 0 Å². The number of hydrazine groups is 1. The van der Waals surface area contributed by atoms with Gasteiger partial charge in [-0.15, -0.1) is 0 Å². The summed E-state index contributed by atoms with van der Waals surface area (Å²) >= 11 is 0. The van der Waals surface area contributed by atoms with Crippen molar-refractivity contribution in [2.75, 3.05) is 7.11 Å². The van der Waals surface area contributed by atoms with Crippen LogP contribution in [-0.2, 0) is 4.74 Å². The zero-order chi connectivity index (χ0) is 12.0. The van der Waals surface area contributed by atoms with Crippen molar-refractivity contribution in [3.63, 3.8) is 0 Å². The molecule has 0 radical (unpaired) electrons. The van der Waals surface area contributed by atoms with Gasteiger partial charge in [0.05, 0.1) is 6.10 Å². The molecule has 0 aliphatic carbocycles. The first-order valence-corrected chi connectivity index (χ1v) is 5.58. The van der Waals surface area contributed by atoms with Crippen LogP contribution in [0.4, 0.5) is 0 Å². The second-order valence-electron chi connectivity index (χ2n) is 4.08. The zero-order valence-electron chi connectivity index (χ0n) is 10.2. The van der Waals surface area contributed by atoms with Gasteiger partial charge in [-0.05, 0) is 43.9 Å². The van der Waals surface area contributed by atoms with Crippen molar-refractivity contribution in [2.45, 2.75) is 38.8 Å². The number of hydrogen-bond acceptors (Lipinski definition) is 4. The van der Waals surface area contributed by atoms with Crippen molar-refractivity contribution >= 4 is 0 Å². The largest absolute Gasteiger partial charge is 0.382 e. The molecule has 0 aromatic carbocycles. The number of nitrogens with zero attached hydrogens (tertiary/aromatic N) is 1. The molecule has 0 aliphatic rings. The lowest BCUT2D eigenvalue weighted by Crippen LogP contribution is -2.29. The van der Waals surface area contributed by atoms with Crippen molar-refractivity contribution in [1.82, 2.24) is 10.4 Å². The van der Waals surface area contributed by atoms with Crippen LogP contribution < -0.4 is 11.3 Å². The highest BCUT2D eigenvalue weighted by atomic mass is 16.5. The van der Waals surface area contributed by atoms with E-state index in [4.69, 9.17) is 10.6 Å². The summed E-state index contributed by atoms with van der Waals surface area (Å²) in [5, 5.41) is 0. The molecule has 1 rings (SSSR count). The highest BCUT2D eigenvalue weighted by Gasteiger charge is 2.13. The van der Waals surface area contributed by atoms with Gasteiger partial charge in [-0.25, -0.2) is 0 Å². The molecular weight excluding hydrogens is 202 g/mol. The molecule has 0 saturated heterocycles. The van der Waals surface area contributed by atoms with Crippen molar-refractivity contribution in [2.24, 2.45) is 5.84 Å². The smallest absolute Gasteiger partial charge is 0.0543 e. The fourth-order valence-corrected chi connectivity index (χ4v) is 1.69. The first-order chi connectivity index (χ1) is 7.69. The first kappa shape index (κ1) is 13.1. The molecule has 90 valence electrons. The molecule has 0 bridgehead atoms. The van der Waals surface area contributed by atoms with Crippen molar-refractivity contribution < 1.29 is 4.74 Å². The Labute approximate surface area is 97.2 Å². The molecule has 0 aliphatic heterocycles. The maximum Gasteiger partial charge on any atom is 0.0543 e. The summed E-state index contributed by atoms with van der Waals surface area (Å²) < 4.78 is 5.23. The normalized spacial score (nSPS) is 14.8. The number of rotatable bonds is 6. The summed E-state index contributed by atoms with van der Waals surface area (Å²) in [5.41, 5.74) is 5.21. The molecule has 4 nitrogen and oxygen atoms in total. The predicted molar refractivity (Wildman–Crippen MR) is 64.7 cm³/mol. The standard InChI is InChI=1S/C12H21N3O/c1-9-6-7-14-8-11(9)12(15-13)5-4-10(2)16-3/h6-8,10,12,15H,4-5,13H2,1-3H3. The van der Waals surface area contributed by atoms with Crippen molar-refractivity contribution in [3.8, 4) is 0 Å². The minimum atomic E-state index is 0.145. The lowest BCUT2D eigenvalue weighted by Gasteiger charge is -2.19. The van der Waals surface area contributed by atoms with E-state index in [0.717, 1.165) is 18.4 Å². The molecule has 1 aromatic rings. The van der Waals surface area contributed by atoms with Crippen LogP contribution in [0.25, 0.3) is 0 Å². The van der Waals surface area contributed by atoms with E-state index in [2.05, 4.69) is 24.3 Å².